The highest BCUT2D eigenvalue weighted by atomic mass is 16.6. The first-order valence-corrected chi connectivity index (χ1v) is 11.7. The van der Waals surface area contributed by atoms with Crippen LogP contribution in [-0.2, 0) is 14.3 Å². The molecule has 170 valence electrons. The van der Waals surface area contributed by atoms with Crippen LogP contribution < -0.4 is 4.90 Å². The fraction of sp³-hybridized carbons (Fsp3) is 0.680. The minimum absolute atomic E-state index is 0.242. The van der Waals surface area contributed by atoms with Gasteiger partial charge >= 0.3 is 12.1 Å². The van der Waals surface area contributed by atoms with Gasteiger partial charge in [-0.2, -0.15) is 0 Å². The van der Waals surface area contributed by atoms with Crippen molar-refractivity contribution in [2.75, 3.05) is 24.7 Å². The molecule has 30 heavy (non-hydrogen) atoms. The van der Waals surface area contributed by atoms with Crippen molar-refractivity contribution in [1.29, 1.82) is 0 Å². The molecule has 0 saturated carbocycles. The molecule has 0 N–H and O–H groups in total. The number of ether oxygens (including phenoxy) is 2. The van der Waals surface area contributed by atoms with Crippen LogP contribution in [-0.4, -0.2) is 31.8 Å². The summed E-state index contributed by atoms with van der Waals surface area (Å²) in [4.78, 5) is 27.1. The minimum Gasteiger partial charge on any atom is -0.465 e. The summed E-state index contributed by atoms with van der Waals surface area (Å²) in [6, 6.07) is 7.56. The van der Waals surface area contributed by atoms with Crippen molar-refractivity contribution in [3.8, 4) is 0 Å². The topological polar surface area (TPSA) is 55.8 Å². The maximum absolute atomic E-state index is 12.8. The molecule has 0 heterocycles. The first kappa shape index (κ1) is 26.0. The third-order valence-corrected chi connectivity index (χ3v) is 5.44. The van der Waals surface area contributed by atoms with Gasteiger partial charge in [0.15, 0.2) is 0 Å². The number of unbranched alkanes of at least 4 members (excludes halogenated alkanes) is 2. The number of hydrogen-bond acceptors (Lipinski definition) is 4. The Morgan fingerprint density at radius 2 is 1.67 bits per heavy atom. The predicted octanol–water partition coefficient (Wildman–Crippen LogP) is 6.70. The van der Waals surface area contributed by atoms with Gasteiger partial charge in [-0.25, -0.2) is 4.79 Å². The SMILES string of the molecule is CCCCOC(=O)N(CCC)c1ccccc1C(C)C(=O)OCC(CC)CCCC. The highest BCUT2D eigenvalue weighted by Gasteiger charge is 2.26. The Morgan fingerprint density at radius 1 is 0.967 bits per heavy atom. The molecule has 1 rings (SSSR count). The molecular weight excluding hydrogens is 378 g/mol. The fourth-order valence-corrected chi connectivity index (χ4v) is 3.36. The minimum atomic E-state index is -0.451. The second-order valence-electron chi connectivity index (χ2n) is 7.95. The van der Waals surface area contributed by atoms with Crippen LogP contribution in [0.25, 0.3) is 0 Å². The number of anilines is 1. The number of nitrogens with zero attached hydrogens (tertiary/aromatic N) is 1. The molecule has 5 nitrogen and oxygen atoms in total. The second kappa shape index (κ2) is 14.9. The van der Waals surface area contributed by atoms with E-state index in [9.17, 15) is 9.59 Å². The largest absolute Gasteiger partial charge is 0.465 e. The van der Waals surface area contributed by atoms with Crippen molar-refractivity contribution in [2.24, 2.45) is 5.92 Å². The Hall–Kier alpha value is -2.04. The van der Waals surface area contributed by atoms with Crippen LogP contribution in [0.2, 0.25) is 0 Å². The highest BCUT2D eigenvalue weighted by Crippen LogP contribution is 2.30. The Bertz CT molecular complexity index is 631. The van der Waals surface area contributed by atoms with Gasteiger partial charge in [-0.1, -0.05) is 71.6 Å². The first-order chi connectivity index (χ1) is 14.5. The van der Waals surface area contributed by atoms with Crippen LogP contribution in [0.3, 0.4) is 0 Å². The normalized spacial score (nSPS) is 12.8. The summed E-state index contributed by atoms with van der Waals surface area (Å²) in [6.07, 6.45) is 6.64. The van der Waals surface area contributed by atoms with Gasteiger partial charge in [0.1, 0.15) is 0 Å². The van der Waals surface area contributed by atoms with Gasteiger partial charge in [0, 0.05) is 6.54 Å². The second-order valence-corrected chi connectivity index (χ2v) is 7.95. The van der Waals surface area contributed by atoms with E-state index in [1.165, 1.54) is 0 Å². The van der Waals surface area contributed by atoms with Crippen LogP contribution >= 0.6 is 0 Å². The van der Waals surface area contributed by atoms with E-state index in [1.54, 1.807) is 4.90 Å². The number of carbonyl (C=O) groups excluding carboxylic acids is 2. The van der Waals surface area contributed by atoms with Gasteiger partial charge in [-0.3, -0.25) is 9.69 Å². The van der Waals surface area contributed by atoms with E-state index in [0.29, 0.717) is 25.7 Å². The van der Waals surface area contributed by atoms with Crippen molar-refractivity contribution in [3.63, 3.8) is 0 Å². The van der Waals surface area contributed by atoms with Crippen molar-refractivity contribution in [2.45, 2.75) is 85.5 Å². The number of benzene rings is 1. The summed E-state index contributed by atoms with van der Waals surface area (Å²) in [6.45, 7) is 11.6. The molecule has 0 radical (unpaired) electrons. The molecule has 5 heteroatoms. The zero-order chi connectivity index (χ0) is 22.4. The molecule has 1 aromatic carbocycles. The van der Waals surface area contributed by atoms with Crippen LogP contribution in [0.1, 0.15) is 91.0 Å². The molecule has 0 aliphatic heterocycles. The Balaban J connectivity index is 2.92. The third-order valence-electron chi connectivity index (χ3n) is 5.44. The van der Waals surface area contributed by atoms with E-state index < -0.39 is 5.92 Å². The lowest BCUT2D eigenvalue weighted by Crippen LogP contribution is -2.34. The van der Waals surface area contributed by atoms with Crippen molar-refractivity contribution in [3.05, 3.63) is 29.8 Å². The van der Waals surface area contributed by atoms with Crippen LogP contribution in [0.5, 0.6) is 0 Å². The van der Waals surface area contributed by atoms with E-state index in [1.807, 2.05) is 38.1 Å². The van der Waals surface area contributed by atoms with E-state index in [0.717, 1.165) is 56.2 Å². The molecule has 0 spiro atoms. The van der Waals surface area contributed by atoms with Gasteiger partial charge in [0.05, 0.1) is 24.8 Å². The average Bonchev–Trinajstić information content (AvgIpc) is 2.77. The van der Waals surface area contributed by atoms with Crippen LogP contribution in [0.15, 0.2) is 24.3 Å². The molecule has 2 atom stereocenters. The first-order valence-electron chi connectivity index (χ1n) is 11.7. The standard InChI is InChI=1S/C25H41NO4/c1-6-10-14-21(9-4)19-30-24(27)20(5)22-15-12-13-16-23(22)26(17-8-3)25(28)29-18-11-7-2/h12-13,15-16,20-21H,6-11,14,17-19H2,1-5H3. The fourth-order valence-electron chi connectivity index (χ4n) is 3.36. The third kappa shape index (κ3) is 8.37. The molecule has 0 aliphatic carbocycles. The number of rotatable bonds is 14. The molecule has 0 saturated heterocycles. The molecule has 0 aliphatic rings. The van der Waals surface area contributed by atoms with Crippen molar-refractivity contribution >= 4 is 17.7 Å². The molecule has 0 aromatic heterocycles. The molecule has 2 unspecified atom stereocenters. The summed E-state index contributed by atoms with van der Waals surface area (Å²) in [5, 5.41) is 0. The van der Waals surface area contributed by atoms with Gasteiger partial charge in [-0.15, -0.1) is 0 Å². The smallest absolute Gasteiger partial charge is 0.414 e. The Morgan fingerprint density at radius 3 is 2.30 bits per heavy atom. The van der Waals surface area contributed by atoms with E-state index >= 15 is 0 Å². The zero-order valence-electron chi connectivity index (χ0n) is 19.6. The lowest BCUT2D eigenvalue weighted by Gasteiger charge is -2.26. The Kier molecular flexibility index (Phi) is 12.9. The summed E-state index contributed by atoms with van der Waals surface area (Å²) >= 11 is 0. The van der Waals surface area contributed by atoms with Crippen LogP contribution in [0, 0.1) is 5.92 Å². The molecule has 1 aromatic rings. The number of para-hydroxylation sites is 1. The summed E-state index contributed by atoms with van der Waals surface area (Å²) in [5.74, 6) is -0.289. The maximum atomic E-state index is 12.8. The van der Waals surface area contributed by atoms with Crippen molar-refractivity contribution < 1.29 is 19.1 Å². The highest BCUT2D eigenvalue weighted by molar-refractivity contribution is 5.90. The van der Waals surface area contributed by atoms with E-state index in [4.69, 9.17) is 9.47 Å². The van der Waals surface area contributed by atoms with Gasteiger partial charge < -0.3 is 9.47 Å². The lowest BCUT2D eigenvalue weighted by molar-refractivity contribution is -0.146. The Labute approximate surface area is 183 Å². The lowest BCUT2D eigenvalue weighted by atomic mass is 9.98. The monoisotopic (exact) mass is 419 g/mol. The number of amides is 1. The average molecular weight is 420 g/mol. The molecule has 1 amide bonds. The summed E-state index contributed by atoms with van der Waals surface area (Å²) < 4.78 is 11.1. The summed E-state index contributed by atoms with van der Waals surface area (Å²) in [7, 11) is 0. The number of hydrogen-bond donors (Lipinski definition) is 0. The van der Waals surface area contributed by atoms with Gasteiger partial charge in [0.25, 0.3) is 0 Å². The molecular formula is C25H41NO4. The van der Waals surface area contributed by atoms with E-state index in [-0.39, 0.29) is 12.1 Å². The van der Waals surface area contributed by atoms with E-state index in [2.05, 4.69) is 20.8 Å². The summed E-state index contributed by atoms with van der Waals surface area (Å²) in [5.41, 5.74) is 1.52. The quantitative estimate of drug-likeness (QED) is 0.249. The van der Waals surface area contributed by atoms with Crippen molar-refractivity contribution in [1.82, 2.24) is 0 Å². The number of carbonyl (C=O) groups is 2. The van der Waals surface area contributed by atoms with Crippen LogP contribution in [0.4, 0.5) is 10.5 Å². The molecule has 0 fully saturated rings. The van der Waals surface area contributed by atoms with Gasteiger partial charge in [-0.05, 0) is 43.7 Å². The maximum Gasteiger partial charge on any atom is 0.414 e. The zero-order valence-corrected chi connectivity index (χ0v) is 19.6. The predicted molar refractivity (Wildman–Crippen MR) is 123 cm³/mol. The number of esters is 1. The van der Waals surface area contributed by atoms with Gasteiger partial charge in [0.2, 0.25) is 0 Å². The molecule has 0 bridgehead atoms.